The van der Waals surface area contributed by atoms with Gasteiger partial charge < -0.3 is 4.74 Å². The molecule has 24 heavy (non-hydrogen) atoms. The van der Waals surface area contributed by atoms with Crippen molar-refractivity contribution < 1.29 is 14.3 Å². The van der Waals surface area contributed by atoms with Crippen LogP contribution in [-0.4, -0.2) is 18.7 Å². The molecule has 128 valence electrons. The maximum absolute atomic E-state index is 12.8. The second-order valence-corrected chi connectivity index (χ2v) is 8.10. The van der Waals surface area contributed by atoms with Crippen LogP contribution >= 0.6 is 0 Å². The Hall–Kier alpha value is -1.90. The topological polar surface area (TPSA) is 43.4 Å². The molecule has 0 bridgehead atoms. The highest BCUT2D eigenvalue weighted by atomic mass is 16.5. The summed E-state index contributed by atoms with van der Waals surface area (Å²) in [6.45, 7) is 10.2. The summed E-state index contributed by atoms with van der Waals surface area (Å²) in [6, 6.07) is 4.02. The van der Waals surface area contributed by atoms with Crippen molar-refractivity contribution in [1.82, 2.24) is 0 Å². The van der Waals surface area contributed by atoms with Gasteiger partial charge >= 0.3 is 0 Å². The van der Waals surface area contributed by atoms with Crippen molar-refractivity contribution in [1.29, 1.82) is 0 Å². The molecule has 0 unspecified atom stereocenters. The van der Waals surface area contributed by atoms with Gasteiger partial charge in [0.15, 0.2) is 5.78 Å². The predicted octanol–water partition coefficient (Wildman–Crippen LogP) is 4.59. The van der Waals surface area contributed by atoms with E-state index in [1.807, 2.05) is 26.0 Å². The molecule has 0 amide bonds. The zero-order chi connectivity index (χ0) is 17.9. The molecule has 1 saturated carbocycles. The summed E-state index contributed by atoms with van der Waals surface area (Å²) >= 11 is 0. The van der Waals surface area contributed by atoms with Gasteiger partial charge in [0.2, 0.25) is 0 Å². The molecule has 1 fully saturated rings. The van der Waals surface area contributed by atoms with Crippen LogP contribution in [0, 0.1) is 5.41 Å². The van der Waals surface area contributed by atoms with Crippen LogP contribution in [0.4, 0.5) is 0 Å². The van der Waals surface area contributed by atoms with E-state index >= 15 is 0 Å². The largest absolute Gasteiger partial charge is 0.496 e. The first-order chi connectivity index (χ1) is 11.1. The molecule has 2 aliphatic carbocycles. The molecule has 3 rings (SSSR count). The molecule has 3 nitrogen and oxygen atoms in total. The molecule has 0 N–H and O–H groups in total. The van der Waals surface area contributed by atoms with Gasteiger partial charge in [-0.25, -0.2) is 0 Å². The summed E-state index contributed by atoms with van der Waals surface area (Å²) < 4.78 is 5.61. The predicted molar refractivity (Wildman–Crippen MR) is 94.9 cm³/mol. The van der Waals surface area contributed by atoms with Gasteiger partial charge in [0.1, 0.15) is 11.5 Å². The van der Waals surface area contributed by atoms with Gasteiger partial charge in [-0.05, 0) is 61.1 Å². The average Bonchev–Trinajstić information content (AvgIpc) is 2.53. The highest BCUT2D eigenvalue weighted by molar-refractivity contribution is 6.10. The lowest BCUT2D eigenvalue weighted by Gasteiger charge is -2.47. The SMILES string of the molecule is COc1cc2c(cc1C(C)C)C(=O)C=C1C(C)(C)C(=O)CC[C@@]12C. The first kappa shape index (κ1) is 16.9. The maximum Gasteiger partial charge on any atom is 0.186 e. The molecule has 0 radical (unpaired) electrons. The summed E-state index contributed by atoms with van der Waals surface area (Å²) in [5, 5.41) is 0. The molecule has 0 saturated heterocycles. The fraction of sp³-hybridized carbons (Fsp3) is 0.524. The Balaban J connectivity index is 2.28. The lowest BCUT2D eigenvalue weighted by molar-refractivity contribution is -0.127. The zero-order valence-corrected chi connectivity index (χ0v) is 15.4. The van der Waals surface area contributed by atoms with Gasteiger partial charge in [0.05, 0.1) is 7.11 Å². The lowest BCUT2D eigenvalue weighted by Crippen LogP contribution is -2.46. The second kappa shape index (κ2) is 5.30. The van der Waals surface area contributed by atoms with Crippen molar-refractivity contribution in [2.75, 3.05) is 7.11 Å². The van der Waals surface area contributed by atoms with Crippen LogP contribution < -0.4 is 4.74 Å². The summed E-state index contributed by atoms with van der Waals surface area (Å²) in [4.78, 5) is 25.2. The van der Waals surface area contributed by atoms with Crippen molar-refractivity contribution in [3.63, 3.8) is 0 Å². The van der Waals surface area contributed by atoms with E-state index in [1.54, 1.807) is 13.2 Å². The third kappa shape index (κ3) is 2.17. The number of rotatable bonds is 2. The number of methoxy groups -OCH3 is 1. The number of benzene rings is 1. The van der Waals surface area contributed by atoms with Crippen molar-refractivity contribution in [3.8, 4) is 5.75 Å². The minimum Gasteiger partial charge on any atom is -0.496 e. The van der Waals surface area contributed by atoms with E-state index in [9.17, 15) is 9.59 Å². The third-order valence-corrected chi connectivity index (χ3v) is 5.94. The van der Waals surface area contributed by atoms with Gasteiger partial charge in [-0.1, -0.05) is 20.8 Å². The molecule has 1 aromatic carbocycles. The van der Waals surface area contributed by atoms with E-state index in [1.165, 1.54) is 0 Å². The molecule has 0 heterocycles. The van der Waals surface area contributed by atoms with Gasteiger partial charge in [-0.3, -0.25) is 9.59 Å². The Kier molecular flexibility index (Phi) is 3.74. The Bertz CT molecular complexity index is 768. The molecular formula is C21H26O3. The number of ether oxygens (including phenoxy) is 1. The third-order valence-electron chi connectivity index (χ3n) is 5.94. The molecule has 1 aromatic rings. The highest BCUT2D eigenvalue weighted by Gasteiger charge is 2.50. The van der Waals surface area contributed by atoms with Crippen molar-refractivity contribution in [2.24, 2.45) is 5.41 Å². The second-order valence-electron chi connectivity index (χ2n) is 8.10. The summed E-state index contributed by atoms with van der Waals surface area (Å²) in [7, 11) is 1.67. The number of carbonyl (C=O) groups is 2. The van der Waals surface area contributed by atoms with Crippen LogP contribution in [0.25, 0.3) is 0 Å². The van der Waals surface area contributed by atoms with E-state index in [0.717, 1.165) is 34.4 Å². The minimum absolute atomic E-state index is 0.00445. The van der Waals surface area contributed by atoms with Crippen molar-refractivity contribution in [3.05, 3.63) is 40.5 Å². The molecule has 0 aromatic heterocycles. The first-order valence-corrected chi connectivity index (χ1v) is 8.65. The fourth-order valence-corrected chi connectivity index (χ4v) is 4.36. The normalized spacial score (nSPS) is 25.2. The van der Waals surface area contributed by atoms with E-state index in [0.29, 0.717) is 6.42 Å². The number of ketones is 2. The maximum atomic E-state index is 12.8. The molecular weight excluding hydrogens is 300 g/mol. The van der Waals surface area contributed by atoms with Crippen LogP contribution in [0.2, 0.25) is 0 Å². The molecule has 1 atom stereocenters. The fourth-order valence-electron chi connectivity index (χ4n) is 4.36. The average molecular weight is 326 g/mol. The Labute approximate surface area is 144 Å². The Morgan fingerprint density at radius 3 is 2.38 bits per heavy atom. The Morgan fingerprint density at radius 1 is 1.12 bits per heavy atom. The molecule has 0 spiro atoms. The van der Waals surface area contributed by atoms with Gasteiger partial charge in [-0.15, -0.1) is 0 Å². The van der Waals surface area contributed by atoms with Gasteiger partial charge in [0, 0.05) is 22.8 Å². The van der Waals surface area contributed by atoms with Crippen LogP contribution in [0.15, 0.2) is 23.8 Å². The van der Waals surface area contributed by atoms with Crippen molar-refractivity contribution >= 4 is 11.6 Å². The number of hydrogen-bond donors (Lipinski definition) is 0. The van der Waals surface area contributed by atoms with Gasteiger partial charge in [-0.2, -0.15) is 0 Å². The number of allylic oxidation sites excluding steroid dienone is 2. The van der Waals surface area contributed by atoms with Crippen LogP contribution in [0.3, 0.4) is 0 Å². The van der Waals surface area contributed by atoms with Crippen LogP contribution in [0.1, 0.15) is 74.9 Å². The van der Waals surface area contributed by atoms with Crippen molar-refractivity contribution in [2.45, 2.75) is 58.8 Å². The number of fused-ring (bicyclic) bond motifs is 3. The first-order valence-electron chi connectivity index (χ1n) is 8.65. The molecule has 3 heteroatoms. The standard InChI is InChI=1S/C21H26O3/c1-12(2)13-9-14-15(10-17(13)24-6)21(5)8-7-19(23)20(3,4)18(21)11-16(14)22/h9-12H,7-8H2,1-6H3/t21-/m1/s1. The molecule has 2 aliphatic rings. The lowest BCUT2D eigenvalue weighted by atomic mass is 9.54. The monoisotopic (exact) mass is 326 g/mol. The van der Waals surface area contributed by atoms with Gasteiger partial charge in [0.25, 0.3) is 0 Å². The zero-order valence-electron chi connectivity index (χ0n) is 15.4. The molecule has 0 aliphatic heterocycles. The van der Waals surface area contributed by atoms with E-state index in [4.69, 9.17) is 4.74 Å². The highest BCUT2D eigenvalue weighted by Crippen LogP contribution is 2.54. The summed E-state index contributed by atoms with van der Waals surface area (Å²) in [6.07, 6.45) is 3.00. The number of Topliss-reactive ketones (excluding diaryl/α,β-unsaturated/α-hetero) is 1. The van der Waals surface area contributed by atoms with Crippen LogP contribution in [0.5, 0.6) is 5.75 Å². The van der Waals surface area contributed by atoms with Crippen LogP contribution in [-0.2, 0) is 10.2 Å². The smallest absolute Gasteiger partial charge is 0.186 e. The van der Waals surface area contributed by atoms with E-state index in [2.05, 4.69) is 20.8 Å². The van der Waals surface area contributed by atoms with E-state index < -0.39 is 5.41 Å². The minimum atomic E-state index is -0.593. The van der Waals surface area contributed by atoms with E-state index in [-0.39, 0.29) is 22.9 Å². The summed E-state index contributed by atoms with van der Waals surface area (Å²) in [5.41, 5.74) is 2.88. The summed E-state index contributed by atoms with van der Waals surface area (Å²) in [5.74, 6) is 1.33. The quantitative estimate of drug-likeness (QED) is 0.798. The number of carbonyl (C=O) groups excluding carboxylic acids is 2. The Morgan fingerprint density at radius 2 is 1.79 bits per heavy atom. The number of hydrogen-bond acceptors (Lipinski definition) is 3.